The van der Waals surface area contributed by atoms with Crippen LogP contribution in [0.15, 0.2) is 48.5 Å². The first-order chi connectivity index (χ1) is 16.7. The number of halogens is 4. The molecule has 0 aromatic heterocycles. The molecule has 0 aliphatic carbocycles. The van der Waals surface area contributed by atoms with Crippen molar-refractivity contribution in [3.05, 3.63) is 53.6 Å². The van der Waals surface area contributed by atoms with Crippen LogP contribution in [0.3, 0.4) is 0 Å². The van der Waals surface area contributed by atoms with Crippen LogP contribution in [0.1, 0.15) is 19.3 Å². The van der Waals surface area contributed by atoms with Gasteiger partial charge in [0.15, 0.2) is 0 Å². The molecule has 2 saturated heterocycles. The highest BCUT2D eigenvalue weighted by atomic mass is 35.5. The number of nitrogens with one attached hydrogen (secondary N) is 1. The number of hydrogen-bond acceptors (Lipinski definition) is 5. The van der Waals surface area contributed by atoms with Gasteiger partial charge in [-0.2, -0.15) is 0 Å². The van der Waals surface area contributed by atoms with E-state index in [-0.39, 0.29) is 30.7 Å². The second-order valence-electron chi connectivity index (χ2n) is 9.20. The van der Waals surface area contributed by atoms with Crippen molar-refractivity contribution in [3.63, 3.8) is 0 Å². The van der Waals surface area contributed by atoms with Crippen LogP contribution >= 0.6 is 11.6 Å². The summed E-state index contributed by atoms with van der Waals surface area (Å²) in [6.07, 6.45) is -2.41. The number of carbonyl (C=O) groups excluding carboxylic acids is 1. The van der Waals surface area contributed by atoms with Crippen molar-refractivity contribution < 1.29 is 27.8 Å². The molecule has 2 aliphatic rings. The second kappa shape index (κ2) is 11.1. The van der Waals surface area contributed by atoms with E-state index in [1.807, 2.05) is 0 Å². The van der Waals surface area contributed by atoms with Gasteiger partial charge in [0, 0.05) is 48.5 Å². The number of likely N-dealkylation sites (tertiary alicyclic amines) is 1. The smallest absolute Gasteiger partial charge is 0.406 e. The summed E-state index contributed by atoms with van der Waals surface area (Å²) in [5, 5.41) is 13.4. The van der Waals surface area contributed by atoms with Crippen molar-refractivity contribution in [2.45, 2.75) is 31.7 Å². The molecule has 2 atom stereocenters. The number of alkyl halides is 3. The minimum Gasteiger partial charge on any atom is -0.406 e. The second-order valence-corrected chi connectivity index (χ2v) is 9.64. The lowest BCUT2D eigenvalue weighted by atomic mass is 9.80. The fraction of sp³-hybridized carbons (Fsp3) is 0.480. The first kappa shape index (κ1) is 25.6. The molecular weight excluding hydrogens is 483 g/mol. The van der Waals surface area contributed by atoms with E-state index < -0.39 is 6.36 Å². The predicted molar refractivity (Wildman–Crippen MR) is 129 cm³/mol. The van der Waals surface area contributed by atoms with E-state index in [9.17, 15) is 23.1 Å². The Hall–Kier alpha value is -2.49. The van der Waals surface area contributed by atoms with Gasteiger partial charge in [-0.25, -0.2) is 0 Å². The van der Waals surface area contributed by atoms with Gasteiger partial charge in [0.25, 0.3) is 0 Å². The summed E-state index contributed by atoms with van der Waals surface area (Å²) < 4.78 is 41.0. The van der Waals surface area contributed by atoms with Crippen molar-refractivity contribution in [2.24, 2.45) is 11.8 Å². The topological polar surface area (TPSA) is 65.0 Å². The quantitative estimate of drug-likeness (QED) is 0.534. The average Bonchev–Trinajstić information content (AvgIpc) is 2.78. The summed E-state index contributed by atoms with van der Waals surface area (Å²) >= 11 is 5.89. The molecular formula is C25H29ClF3N3O3. The van der Waals surface area contributed by atoms with Gasteiger partial charge in [-0.1, -0.05) is 11.6 Å². The molecule has 0 radical (unpaired) electrons. The first-order valence-electron chi connectivity index (χ1n) is 11.7. The maximum atomic E-state index is 12.5. The van der Waals surface area contributed by atoms with E-state index in [0.717, 1.165) is 44.7 Å². The number of hydrogen-bond donors (Lipinski definition) is 2. The molecule has 0 spiro atoms. The van der Waals surface area contributed by atoms with E-state index in [4.69, 9.17) is 11.6 Å². The maximum absolute atomic E-state index is 12.5. The zero-order valence-corrected chi connectivity index (χ0v) is 19.9. The predicted octanol–water partition coefficient (Wildman–Crippen LogP) is 4.78. The molecule has 0 bridgehead atoms. The SMILES string of the molecule is O=C(CC(CO)N1CCCC(C2CN(c3ccc(OC(F)(F)F)cc3)C2)C1)Nc1ccc(Cl)cc1. The molecule has 0 saturated carbocycles. The Morgan fingerprint density at radius 3 is 2.40 bits per heavy atom. The molecule has 6 nitrogen and oxygen atoms in total. The fourth-order valence-electron chi connectivity index (χ4n) is 4.91. The van der Waals surface area contributed by atoms with E-state index in [1.165, 1.54) is 12.1 Å². The van der Waals surface area contributed by atoms with Crippen molar-refractivity contribution >= 4 is 28.9 Å². The minimum atomic E-state index is -4.70. The number of ether oxygens (including phenoxy) is 1. The van der Waals surface area contributed by atoms with Crippen molar-refractivity contribution in [3.8, 4) is 5.75 Å². The van der Waals surface area contributed by atoms with Crippen molar-refractivity contribution in [1.29, 1.82) is 0 Å². The van der Waals surface area contributed by atoms with E-state index in [0.29, 0.717) is 22.5 Å². The van der Waals surface area contributed by atoms with Crippen LogP contribution < -0.4 is 15.0 Å². The first-order valence-corrected chi connectivity index (χ1v) is 12.1. The van der Waals surface area contributed by atoms with Crippen LogP contribution in [-0.4, -0.2) is 61.1 Å². The standard InChI is InChI=1S/C25H29ClF3N3O3/c26-19-3-5-20(6-4-19)30-24(34)12-22(16-33)31-11-1-2-17(13-31)18-14-32(15-18)21-7-9-23(10-8-21)35-25(27,28)29/h3-10,17-18,22,33H,1-2,11-16H2,(H,30,34). The molecule has 2 heterocycles. The molecule has 2 fully saturated rings. The number of piperidine rings is 1. The largest absolute Gasteiger partial charge is 0.573 e. The Bertz CT molecular complexity index is 982. The van der Waals surface area contributed by atoms with Gasteiger partial charge in [-0.05, 0) is 79.8 Å². The minimum absolute atomic E-state index is 0.0934. The third kappa shape index (κ3) is 7.02. The summed E-state index contributed by atoms with van der Waals surface area (Å²) in [5.74, 6) is 0.532. The highest BCUT2D eigenvalue weighted by Gasteiger charge is 2.37. The van der Waals surface area contributed by atoms with Gasteiger partial charge in [0.05, 0.1) is 6.61 Å². The summed E-state index contributed by atoms with van der Waals surface area (Å²) in [5.41, 5.74) is 1.54. The molecule has 190 valence electrons. The van der Waals surface area contributed by atoms with Gasteiger partial charge in [-0.3, -0.25) is 9.69 Å². The van der Waals surface area contributed by atoms with Crippen LogP contribution in [0, 0.1) is 11.8 Å². The molecule has 2 aromatic carbocycles. The zero-order chi connectivity index (χ0) is 25.0. The lowest BCUT2D eigenvalue weighted by molar-refractivity contribution is -0.274. The summed E-state index contributed by atoms with van der Waals surface area (Å²) in [7, 11) is 0. The Labute approximate surface area is 207 Å². The van der Waals surface area contributed by atoms with Crippen LogP contribution in [-0.2, 0) is 4.79 Å². The van der Waals surface area contributed by atoms with Crippen LogP contribution in [0.2, 0.25) is 5.02 Å². The third-order valence-corrected chi connectivity index (χ3v) is 7.03. The van der Waals surface area contributed by atoms with Gasteiger partial charge < -0.3 is 20.1 Å². The third-order valence-electron chi connectivity index (χ3n) is 6.78. The number of carbonyl (C=O) groups is 1. The molecule has 10 heteroatoms. The van der Waals surface area contributed by atoms with Gasteiger partial charge in [0.2, 0.25) is 5.91 Å². The van der Waals surface area contributed by atoms with Gasteiger partial charge in [-0.15, -0.1) is 13.2 Å². The average molecular weight is 512 g/mol. The van der Waals surface area contributed by atoms with Crippen LogP contribution in [0.4, 0.5) is 24.5 Å². The van der Waals surface area contributed by atoms with Gasteiger partial charge in [0.1, 0.15) is 5.75 Å². The molecule has 2 N–H and O–H groups in total. The van der Waals surface area contributed by atoms with E-state index in [2.05, 4.69) is 19.9 Å². The Balaban J connectivity index is 1.26. The highest BCUT2D eigenvalue weighted by molar-refractivity contribution is 6.30. The lowest BCUT2D eigenvalue weighted by Crippen LogP contribution is -2.55. The number of anilines is 2. The summed E-state index contributed by atoms with van der Waals surface area (Å²) in [6, 6.07) is 12.6. The molecule has 2 aromatic rings. The summed E-state index contributed by atoms with van der Waals surface area (Å²) in [4.78, 5) is 16.9. The normalized spacial score (nSPS) is 20.3. The number of rotatable bonds is 8. The maximum Gasteiger partial charge on any atom is 0.573 e. The fourth-order valence-corrected chi connectivity index (χ4v) is 5.03. The zero-order valence-electron chi connectivity index (χ0n) is 19.2. The van der Waals surface area contributed by atoms with E-state index in [1.54, 1.807) is 36.4 Å². The monoisotopic (exact) mass is 511 g/mol. The molecule has 4 rings (SSSR count). The molecule has 2 unspecified atom stereocenters. The number of benzene rings is 2. The molecule has 1 amide bonds. The van der Waals surface area contributed by atoms with E-state index >= 15 is 0 Å². The van der Waals surface area contributed by atoms with Crippen LogP contribution in [0.5, 0.6) is 5.75 Å². The number of amides is 1. The highest BCUT2D eigenvalue weighted by Crippen LogP contribution is 2.35. The Morgan fingerprint density at radius 2 is 1.77 bits per heavy atom. The lowest BCUT2D eigenvalue weighted by Gasteiger charge is -2.48. The van der Waals surface area contributed by atoms with Crippen LogP contribution in [0.25, 0.3) is 0 Å². The number of aliphatic hydroxyl groups is 1. The molecule has 35 heavy (non-hydrogen) atoms. The number of aliphatic hydroxyl groups excluding tert-OH is 1. The number of nitrogens with zero attached hydrogens (tertiary/aromatic N) is 2. The van der Waals surface area contributed by atoms with Crippen molar-refractivity contribution in [1.82, 2.24) is 4.90 Å². The van der Waals surface area contributed by atoms with Gasteiger partial charge >= 0.3 is 6.36 Å². The molecule has 2 aliphatic heterocycles. The Kier molecular flexibility index (Phi) is 8.09. The van der Waals surface area contributed by atoms with Crippen molar-refractivity contribution in [2.75, 3.05) is 43.0 Å². The summed E-state index contributed by atoms with van der Waals surface area (Å²) in [6.45, 7) is 3.23. The Morgan fingerprint density at radius 1 is 1.09 bits per heavy atom.